The van der Waals surface area contributed by atoms with Gasteiger partial charge in [-0.2, -0.15) is 0 Å². The second-order valence-electron chi connectivity index (χ2n) is 9.18. The summed E-state index contributed by atoms with van der Waals surface area (Å²) in [4.78, 5) is 12.0. The van der Waals surface area contributed by atoms with Gasteiger partial charge in [-0.05, 0) is 84.2 Å². The Morgan fingerprint density at radius 1 is 1.07 bits per heavy atom. The highest BCUT2D eigenvalue weighted by Gasteiger charge is 2.28. The SMILES string of the molecule is CC.CCC(CNC(C)C)C1CCC(CN[C@H](C)C(=O)OC(C)(C)C)CC1.[HH]. The Morgan fingerprint density at radius 3 is 2.07 bits per heavy atom. The molecule has 0 heterocycles. The molecule has 2 N–H and O–H groups in total. The number of hydrogen-bond donors (Lipinski definition) is 2. The number of nitrogens with one attached hydrogen (secondary N) is 2. The Morgan fingerprint density at radius 2 is 1.63 bits per heavy atom. The number of esters is 1. The molecule has 27 heavy (non-hydrogen) atoms. The molecule has 0 bridgehead atoms. The van der Waals surface area contributed by atoms with Crippen molar-refractivity contribution in [2.24, 2.45) is 17.8 Å². The van der Waals surface area contributed by atoms with Crippen LogP contribution in [0.3, 0.4) is 0 Å². The fraction of sp³-hybridized carbons (Fsp3) is 0.957. The zero-order valence-electron chi connectivity index (χ0n) is 19.7. The Hall–Kier alpha value is -0.610. The average molecular weight is 387 g/mol. The molecule has 0 aromatic rings. The lowest BCUT2D eigenvalue weighted by atomic mass is 9.75. The third-order valence-electron chi connectivity index (χ3n) is 5.34. The summed E-state index contributed by atoms with van der Waals surface area (Å²) >= 11 is 0. The molecular formula is C23H50N2O2. The van der Waals surface area contributed by atoms with E-state index in [1.807, 2.05) is 41.5 Å². The minimum atomic E-state index is -0.412. The van der Waals surface area contributed by atoms with E-state index in [2.05, 4.69) is 31.4 Å². The number of ether oxygens (including phenoxy) is 1. The van der Waals surface area contributed by atoms with E-state index < -0.39 is 5.60 Å². The molecular weight excluding hydrogens is 336 g/mol. The van der Waals surface area contributed by atoms with Gasteiger partial charge in [0.15, 0.2) is 0 Å². The first-order valence-electron chi connectivity index (χ1n) is 11.3. The molecule has 0 aliphatic heterocycles. The quantitative estimate of drug-likeness (QED) is 0.520. The molecule has 4 heteroatoms. The smallest absolute Gasteiger partial charge is 0.323 e. The van der Waals surface area contributed by atoms with Crippen molar-refractivity contribution in [3.63, 3.8) is 0 Å². The molecule has 0 radical (unpaired) electrons. The summed E-state index contributed by atoms with van der Waals surface area (Å²) in [6, 6.07) is 0.347. The Bertz CT molecular complexity index is 389. The summed E-state index contributed by atoms with van der Waals surface area (Å²) in [6.07, 6.45) is 6.47. The van der Waals surface area contributed by atoms with E-state index in [1.54, 1.807) is 0 Å². The van der Waals surface area contributed by atoms with Crippen LogP contribution >= 0.6 is 0 Å². The van der Waals surface area contributed by atoms with Crippen LogP contribution in [0.15, 0.2) is 0 Å². The first-order chi connectivity index (χ1) is 12.6. The van der Waals surface area contributed by atoms with Gasteiger partial charge in [-0.25, -0.2) is 0 Å². The van der Waals surface area contributed by atoms with Crippen molar-refractivity contribution in [3.8, 4) is 0 Å². The van der Waals surface area contributed by atoms with Crippen molar-refractivity contribution >= 4 is 5.97 Å². The van der Waals surface area contributed by atoms with E-state index in [0.29, 0.717) is 12.0 Å². The van der Waals surface area contributed by atoms with E-state index in [1.165, 1.54) is 32.1 Å². The van der Waals surface area contributed by atoms with Gasteiger partial charge < -0.3 is 15.4 Å². The third kappa shape index (κ3) is 11.7. The monoisotopic (exact) mass is 386 g/mol. The van der Waals surface area contributed by atoms with Gasteiger partial charge in [0.25, 0.3) is 0 Å². The highest BCUT2D eigenvalue weighted by Crippen LogP contribution is 2.34. The first kappa shape index (κ1) is 26.4. The molecule has 164 valence electrons. The van der Waals surface area contributed by atoms with E-state index in [-0.39, 0.29) is 13.4 Å². The van der Waals surface area contributed by atoms with E-state index in [9.17, 15) is 4.79 Å². The van der Waals surface area contributed by atoms with Gasteiger partial charge in [0.05, 0.1) is 0 Å². The minimum Gasteiger partial charge on any atom is -0.459 e. The fourth-order valence-corrected chi connectivity index (χ4v) is 3.71. The molecule has 1 fully saturated rings. The predicted molar refractivity (Wildman–Crippen MR) is 119 cm³/mol. The molecule has 1 rings (SSSR count). The van der Waals surface area contributed by atoms with Crippen LogP contribution in [0.4, 0.5) is 0 Å². The van der Waals surface area contributed by atoms with Crippen molar-refractivity contribution in [2.75, 3.05) is 13.1 Å². The molecule has 4 nitrogen and oxygen atoms in total. The summed E-state index contributed by atoms with van der Waals surface area (Å²) in [5, 5.41) is 7.00. The lowest BCUT2D eigenvalue weighted by molar-refractivity contribution is -0.157. The van der Waals surface area contributed by atoms with Crippen molar-refractivity contribution < 1.29 is 11.0 Å². The van der Waals surface area contributed by atoms with Gasteiger partial charge in [-0.1, -0.05) is 41.0 Å². The van der Waals surface area contributed by atoms with Crippen molar-refractivity contribution in [2.45, 2.75) is 112 Å². The number of rotatable bonds is 9. The summed E-state index contributed by atoms with van der Waals surface area (Å²) in [5.74, 6) is 2.21. The molecule has 1 unspecified atom stereocenters. The second kappa shape index (κ2) is 13.5. The standard InChI is InChI=1S/C21H42N2O2.C2H6.H2/c1-8-18(14-22-15(2)3)19-11-9-17(10-12-19)13-23-16(4)20(24)25-21(5,6)7;1-2;/h15-19,22-23H,8-14H2,1-7H3;1-2H3;1H/t16-,17?,18?,19?;;/m1../s1. The Balaban J connectivity index is 0. The maximum absolute atomic E-state index is 12.0. The van der Waals surface area contributed by atoms with E-state index in [0.717, 1.165) is 24.9 Å². The zero-order chi connectivity index (χ0) is 21.0. The lowest BCUT2D eigenvalue weighted by Gasteiger charge is -2.34. The van der Waals surface area contributed by atoms with Gasteiger partial charge in [-0.3, -0.25) is 4.79 Å². The first-order valence-corrected chi connectivity index (χ1v) is 11.3. The van der Waals surface area contributed by atoms with Crippen LogP contribution in [0.25, 0.3) is 0 Å². The van der Waals surface area contributed by atoms with E-state index in [4.69, 9.17) is 4.74 Å². The largest absolute Gasteiger partial charge is 0.459 e. The highest BCUT2D eigenvalue weighted by molar-refractivity contribution is 5.75. The zero-order valence-corrected chi connectivity index (χ0v) is 19.7. The van der Waals surface area contributed by atoms with Gasteiger partial charge in [-0.15, -0.1) is 0 Å². The van der Waals surface area contributed by atoms with Gasteiger partial charge >= 0.3 is 5.97 Å². The number of carbonyl (C=O) groups is 1. The molecule has 0 aromatic heterocycles. The lowest BCUT2D eigenvalue weighted by Crippen LogP contribution is -2.42. The van der Waals surface area contributed by atoms with Crippen LogP contribution in [0, 0.1) is 17.8 Å². The van der Waals surface area contributed by atoms with Crippen molar-refractivity contribution in [1.82, 2.24) is 10.6 Å². The average Bonchev–Trinajstić information content (AvgIpc) is 2.61. The second-order valence-corrected chi connectivity index (χ2v) is 9.18. The van der Waals surface area contributed by atoms with Crippen LogP contribution in [0.5, 0.6) is 0 Å². The highest BCUT2D eigenvalue weighted by atomic mass is 16.6. The van der Waals surface area contributed by atoms with Crippen LogP contribution in [0.2, 0.25) is 0 Å². The molecule has 0 saturated heterocycles. The van der Waals surface area contributed by atoms with Crippen LogP contribution in [-0.4, -0.2) is 36.7 Å². The Kier molecular flexibility index (Phi) is 13.2. The normalized spacial score (nSPS) is 22.6. The fourth-order valence-electron chi connectivity index (χ4n) is 3.71. The topological polar surface area (TPSA) is 50.4 Å². The molecule has 0 spiro atoms. The van der Waals surface area contributed by atoms with Crippen molar-refractivity contribution in [1.29, 1.82) is 0 Å². The molecule has 2 atom stereocenters. The molecule has 1 aliphatic carbocycles. The van der Waals surface area contributed by atoms with Gasteiger partial charge in [0.2, 0.25) is 0 Å². The minimum absolute atomic E-state index is 0. The summed E-state index contributed by atoms with van der Waals surface area (Å²) in [5.41, 5.74) is -0.412. The van der Waals surface area contributed by atoms with Gasteiger partial charge in [0, 0.05) is 7.47 Å². The van der Waals surface area contributed by atoms with Gasteiger partial charge in [0.1, 0.15) is 11.6 Å². The summed E-state index contributed by atoms with van der Waals surface area (Å²) in [6.45, 7) is 20.5. The summed E-state index contributed by atoms with van der Waals surface area (Å²) < 4.78 is 5.44. The third-order valence-corrected chi connectivity index (χ3v) is 5.34. The molecule has 0 amide bonds. The molecule has 0 aromatic carbocycles. The maximum Gasteiger partial charge on any atom is 0.323 e. The van der Waals surface area contributed by atoms with E-state index >= 15 is 0 Å². The Labute approximate surface area is 171 Å². The number of hydrogen-bond acceptors (Lipinski definition) is 4. The molecule has 1 aliphatic rings. The van der Waals surface area contributed by atoms with Crippen LogP contribution in [-0.2, 0) is 9.53 Å². The number of carbonyl (C=O) groups excluding carboxylic acids is 1. The van der Waals surface area contributed by atoms with Crippen molar-refractivity contribution in [3.05, 3.63) is 0 Å². The van der Waals surface area contributed by atoms with Crippen LogP contribution < -0.4 is 10.6 Å². The predicted octanol–water partition coefficient (Wildman–Crippen LogP) is 5.41. The summed E-state index contributed by atoms with van der Waals surface area (Å²) in [7, 11) is 0. The maximum atomic E-state index is 12.0. The van der Waals surface area contributed by atoms with Crippen LogP contribution in [0.1, 0.15) is 95.8 Å². The molecule has 1 saturated carbocycles.